The number of methoxy groups -OCH3 is 2. The number of nitriles is 1. The van der Waals surface area contributed by atoms with Gasteiger partial charge in [0, 0.05) is 24.4 Å². The second-order valence-corrected chi connectivity index (χ2v) is 16.9. The van der Waals surface area contributed by atoms with Gasteiger partial charge in [0.2, 0.25) is 5.96 Å². The lowest BCUT2D eigenvalue weighted by Gasteiger charge is -2.39. The fourth-order valence-corrected chi connectivity index (χ4v) is 9.25. The number of amidine groups is 1. The minimum Gasteiger partial charge on any atom is -0.497 e. The first-order chi connectivity index (χ1) is 29.3. The van der Waals surface area contributed by atoms with Gasteiger partial charge in [-0.3, -0.25) is 19.8 Å². The molecule has 324 valence electrons. The molecule has 16 nitrogen and oxygen atoms in total. The van der Waals surface area contributed by atoms with Gasteiger partial charge in [-0.1, -0.05) is 68.4 Å². The summed E-state index contributed by atoms with van der Waals surface area (Å²) in [6.07, 6.45) is -2.27. The third-order valence-electron chi connectivity index (χ3n) is 10.4. The molecular weight excluding hydrogens is 801 g/mol. The zero-order valence-electron chi connectivity index (χ0n) is 35.7. The summed E-state index contributed by atoms with van der Waals surface area (Å²) in [5.74, 6) is -0.348. The van der Waals surface area contributed by atoms with Crippen LogP contribution in [0.4, 0.5) is 4.79 Å². The number of hydrogen-bond acceptors (Lipinski definition) is 11. The molecule has 5 unspecified atom stereocenters. The number of hydrogen-bond donors (Lipinski definition) is 2. The van der Waals surface area contributed by atoms with Crippen LogP contribution in [0.1, 0.15) is 71.1 Å². The topological polar surface area (TPSA) is 186 Å². The van der Waals surface area contributed by atoms with Crippen LogP contribution in [0, 0.1) is 17.2 Å². The molecule has 17 heteroatoms. The monoisotopic (exact) mass is 855 g/mol. The molecule has 0 radical (unpaired) electrons. The first-order valence-corrected chi connectivity index (χ1v) is 21.4. The molecule has 3 aromatic rings. The fourth-order valence-electron chi connectivity index (χ4n) is 7.50. The summed E-state index contributed by atoms with van der Waals surface area (Å²) in [6.45, 7) is 11.6. The average Bonchev–Trinajstić information content (AvgIpc) is 3.80. The Morgan fingerprint density at radius 3 is 2.08 bits per heavy atom. The second-order valence-electron chi connectivity index (χ2n) is 15.5. The Labute approximate surface area is 358 Å². The van der Waals surface area contributed by atoms with E-state index in [2.05, 4.69) is 31.4 Å². The highest BCUT2D eigenvalue weighted by molar-refractivity contribution is 7.44. The van der Waals surface area contributed by atoms with Crippen molar-refractivity contribution < 1.29 is 42.4 Å². The van der Waals surface area contributed by atoms with Crippen molar-refractivity contribution in [2.75, 3.05) is 27.4 Å². The number of aliphatic imine (C=N–C) groups is 2. The molecule has 2 fully saturated rings. The van der Waals surface area contributed by atoms with Crippen LogP contribution in [-0.4, -0.2) is 103 Å². The maximum atomic E-state index is 13.8. The molecule has 0 spiro atoms. The van der Waals surface area contributed by atoms with Gasteiger partial charge in [0.1, 0.15) is 29.4 Å². The number of carbonyl (C=O) groups excluding carboxylic acids is 3. The average molecular weight is 856 g/mol. The van der Waals surface area contributed by atoms with E-state index in [4.69, 9.17) is 28.0 Å². The molecule has 4 amide bonds. The summed E-state index contributed by atoms with van der Waals surface area (Å²) >= 11 is 0. The standard InChI is InChI=1S/C44H54N7O9P/c1-27(2)40(52)48-42-47-39-38(41(53)49-42)46-43(54)50(39)37-25-35(60-61(58-24-12-23-45)51(28(3)4)29(5)6)36(59-37)26-57-44(30-13-10-9-11-14-30,31-15-19-33(55-7)20-16-31)32-17-21-34(56-8)22-18-32/h9-11,13-22,27-29,35-38H,12,24-26H2,1-8H3,(H,46,54)(H,48,49,52,53). The minimum absolute atomic E-state index is 0.00312. The van der Waals surface area contributed by atoms with Gasteiger partial charge in [-0.2, -0.15) is 15.2 Å². The number of urea groups is 1. The van der Waals surface area contributed by atoms with Gasteiger partial charge in [-0.15, -0.1) is 0 Å². The summed E-state index contributed by atoms with van der Waals surface area (Å²) in [4.78, 5) is 49.4. The van der Waals surface area contributed by atoms with E-state index in [0.29, 0.717) is 11.5 Å². The molecule has 3 aromatic carbocycles. The molecule has 2 saturated heterocycles. The predicted molar refractivity (Wildman–Crippen MR) is 229 cm³/mol. The Bertz CT molecular complexity index is 2050. The van der Waals surface area contributed by atoms with Crippen molar-refractivity contribution in [1.29, 1.82) is 5.26 Å². The highest BCUT2D eigenvalue weighted by Gasteiger charge is 2.52. The van der Waals surface area contributed by atoms with Crippen LogP contribution in [0.2, 0.25) is 0 Å². The van der Waals surface area contributed by atoms with Gasteiger partial charge in [0.05, 0.1) is 46.0 Å². The number of guanidine groups is 1. The van der Waals surface area contributed by atoms with Gasteiger partial charge in [-0.05, 0) is 68.7 Å². The van der Waals surface area contributed by atoms with Crippen LogP contribution < -0.4 is 20.1 Å². The van der Waals surface area contributed by atoms with E-state index in [9.17, 15) is 19.6 Å². The van der Waals surface area contributed by atoms with E-state index in [1.807, 2.05) is 107 Å². The van der Waals surface area contributed by atoms with Gasteiger partial charge in [0.25, 0.3) is 20.3 Å². The number of nitrogens with zero attached hydrogens (tertiary/aromatic N) is 5. The van der Waals surface area contributed by atoms with E-state index >= 15 is 0 Å². The number of amides is 4. The highest BCUT2D eigenvalue weighted by Crippen LogP contribution is 2.50. The fraction of sp³-hybridized carbons (Fsp3) is 0.455. The van der Waals surface area contributed by atoms with Crippen LogP contribution in [0.3, 0.4) is 0 Å². The van der Waals surface area contributed by atoms with Crippen molar-refractivity contribution in [3.05, 3.63) is 95.6 Å². The van der Waals surface area contributed by atoms with E-state index in [0.717, 1.165) is 16.7 Å². The Hall–Kier alpha value is -5.27. The zero-order chi connectivity index (χ0) is 43.8. The maximum Gasteiger partial charge on any atom is 0.326 e. The first kappa shape index (κ1) is 45.3. The van der Waals surface area contributed by atoms with Crippen LogP contribution in [0.5, 0.6) is 11.5 Å². The van der Waals surface area contributed by atoms with E-state index in [-0.39, 0.29) is 49.9 Å². The lowest BCUT2D eigenvalue weighted by atomic mass is 9.80. The number of rotatable bonds is 18. The second kappa shape index (κ2) is 20.1. The van der Waals surface area contributed by atoms with E-state index < -0.39 is 62.4 Å². The van der Waals surface area contributed by atoms with Crippen LogP contribution in [-0.2, 0) is 33.7 Å². The van der Waals surface area contributed by atoms with Gasteiger partial charge in [-0.25, -0.2) is 9.46 Å². The quantitative estimate of drug-likeness (QED) is 0.0838. The Morgan fingerprint density at radius 2 is 1.54 bits per heavy atom. The van der Waals surface area contributed by atoms with Crippen molar-refractivity contribution in [2.24, 2.45) is 15.9 Å². The first-order valence-electron chi connectivity index (χ1n) is 20.3. The highest BCUT2D eigenvalue weighted by atomic mass is 31.2. The minimum atomic E-state index is -1.77. The van der Waals surface area contributed by atoms with Crippen LogP contribution in [0.15, 0.2) is 88.8 Å². The molecule has 0 aliphatic carbocycles. The molecule has 0 saturated carbocycles. The summed E-state index contributed by atoms with van der Waals surface area (Å²) in [5.41, 5.74) is 1.23. The molecule has 3 heterocycles. The third kappa shape index (κ3) is 9.94. The summed E-state index contributed by atoms with van der Waals surface area (Å²) in [6, 6.07) is 25.5. The Kier molecular flexibility index (Phi) is 14.9. The van der Waals surface area contributed by atoms with Gasteiger partial charge >= 0.3 is 6.03 Å². The summed E-state index contributed by atoms with van der Waals surface area (Å²) in [5, 5.41) is 14.6. The van der Waals surface area contributed by atoms with Gasteiger partial charge < -0.3 is 33.3 Å². The molecule has 3 aliphatic rings. The summed E-state index contributed by atoms with van der Waals surface area (Å²) < 4.78 is 40.6. The third-order valence-corrected chi connectivity index (χ3v) is 12.6. The SMILES string of the molecule is COc1ccc(C(OCC2OC(N3C(=O)NC4C(=O)NC(=NC(=O)C(C)C)N=C43)CC2OP(OCCC#N)N(C(C)C)C(C)C)(c2ccccc2)c2ccc(OC)cc2)cc1. The predicted octanol–water partition coefficient (Wildman–Crippen LogP) is 6.25. The molecule has 0 bridgehead atoms. The van der Waals surface area contributed by atoms with Crippen LogP contribution >= 0.6 is 8.53 Å². The van der Waals surface area contributed by atoms with E-state index in [1.165, 1.54) is 4.90 Å². The number of nitrogens with one attached hydrogen (secondary N) is 2. The lowest BCUT2D eigenvalue weighted by Crippen LogP contribution is -2.52. The summed E-state index contributed by atoms with van der Waals surface area (Å²) in [7, 11) is 1.45. The smallest absolute Gasteiger partial charge is 0.326 e. The molecule has 2 N–H and O–H groups in total. The molecule has 6 rings (SSSR count). The number of benzene rings is 3. The largest absolute Gasteiger partial charge is 0.497 e. The Balaban J connectivity index is 1.44. The Morgan fingerprint density at radius 1 is 0.951 bits per heavy atom. The van der Waals surface area contributed by atoms with Crippen molar-refractivity contribution in [3.63, 3.8) is 0 Å². The number of carbonyl (C=O) groups is 3. The maximum absolute atomic E-state index is 13.8. The van der Waals surface area contributed by atoms with Gasteiger partial charge in [0.15, 0.2) is 11.9 Å². The van der Waals surface area contributed by atoms with E-state index in [1.54, 1.807) is 28.1 Å². The van der Waals surface area contributed by atoms with Crippen LogP contribution in [0.25, 0.3) is 0 Å². The number of fused-ring (bicyclic) bond motifs is 1. The van der Waals surface area contributed by atoms with Crippen molar-refractivity contribution >= 4 is 38.2 Å². The molecule has 61 heavy (non-hydrogen) atoms. The van der Waals surface area contributed by atoms with Crippen molar-refractivity contribution in [3.8, 4) is 17.6 Å². The molecular formula is C44H54N7O9P. The lowest BCUT2D eigenvalue weighted by molar-refractivity contribution is -0.120. The van der Waals surface area contributed by atoms with Crippen molar-refractivity contribution in [1.82, 2.24) is 20.2 Å². The van der Waals surface area contributed by atoms with Crippen molar-refractivity contribution in [2.45, 2.75) is 96.5 Å². The molecule has 3 aliphatic heterocycles. The normalized spacial score (nSPS) is 21.4. The molecule has 5 atom stereocenters. The zero-order valence-corrected chi connectivity index (χ0v) is 36.6. The number of ether oxygens (including phenoxy) is 4. The molecule has 0 aromatic heterocycles.